The Bertz CT molecular complexity index is 2100. The van der Waals surface area contributed by atoms with Crippen LogP contribution in [0.5, 0.6) is 5.75 Å². The third-order valence-corrected chi connectivity index (χ3v) is 9.04. The Hall–Kier alpha value is -5.65. The van der Waals surface area contributed by atoms with Crippen LogP contribution in [0.15, 0.2) is 50.0 Å². The van der Waals surface area contributed by atoms with Crippen LogP contribution in [0.1, 0.15) is 53.3 Å². The van der Waals surface area contributed by atoms with E-state index in [-0.39, 0.29) is 84.5 Å². The first kappa shape index (κ1) is 38.6. The van der Waals surface area contributed by atoms with Crippen molar-refractivity contribution in [2.24, 2.45) is 15.1 Å². The molecule has 4 heterocycles. The number of rotatable bonds is 10. The van der Waals surface area contributed by atoms with Gasteiger partial charge in [0.15, 0.2) is 11.4 Å². The lowest BCUT2D eigenvalue weighted by atomic mass is 10.0. The van der Waals surface area contributed by atoms with Gasteiger partial charge in [-0.3, -0.25) is 19.4 Å². The molecule has 0 unspecified atom stereocenters. The van der Waals surface area contributed by atoms with Gasteiger partial charge < -0.3 is 29.5 Å². The summed E-state index contributed by atoms with van der Waals surface area (Å²) in [4.78, 5) is 61.3. The third kappa shape index (κ3) is 8.21. The highest BCUT2D eigenvalue weighted by atomic mass is 19.4. The summed E-state index contributed by atoms with van der Waals surface area (Å²) in [5.74, 6) is -1.40. The van der Waals surface area contributed by atoms with Crippen molar-refractivity contribution in [2.75, 3.05) is 56.2 Å². The number of nitrogens with zero attached hydrogens (tertiary/aromatic N) is 9. The summed E-state index contributed by atoms with van der Waals surface area (Å²) in [5.41, 5.74) is 0.314. The Kier molecular flexibility index (Phi) is 11.9. The van der Waals surface area contributed by atoms with Crippen molar-refractivity contribution in [3.63, 3.8) is 0 Å². The number of carbonyl (C=O) groups is 2. The monoisotopic (exact) mass is 738 g/mol. The average molecular weight is 739 g/mol. The molecule has 15 nitrogen and oxygen atoms in total. The van der Waals surface area contributed by atoms with Gasteiger partial charge in [-0.25, -0.2) is 15.0 Å². The van der Waals surface area contributed by atoms with Gasteiger partial charge in [0.25, 0.3) is 11.5 Å². The first-order valence-electron chi connectivity index (χ1n) is 17.0. The standard InChI is InChI=1S/C35H41F3N10O5/c1-6-26-30(45-12-14-46(15-13-45)32(51)29-31(50)22(4)42-20-43-29)33(52)48(39-5)34(41-18-23-10-16-53-17-11-23)47(26)19-27(49)44-25-9-8-24(35(36,37)38)21(3)28(25)40-7-2/h7-10,20,50H,5-6,11-19H2,1-4H3,(H,44,49). The van der Waals surface area contributed by atoms with E-state index in [0.29, 0.717) is 25.3 Å². The highest BCUT2D eigenvalue weighted by Crippen LogP contribution is 2.39. The fourth-order valence-corrected chi connectivity index (χ4v) is 6.32. The Morgan fingerprint density at radius 1 is 1.15 bits per heavy atom. The molecule has 2 aliphatic rings. The van der Waals surface area contributed by atoms with Crippen LogP contribution in [0.2, 0.25) is 0 Å². The summed E-state index contributed by atoms with van der Waals surface area (Å²) >= 11 is 0. The number of amides is 2. The molecule has 0 saturated carbocycles. The maximum Gasteiger partial charge on any atom is 0.416 e. The number of benzene rings is 1. The molecule has 2 aliphatic heterocycles. The van der Waals surface area contributed by atoms with E-state index in [0.717, 1.165) is 22.4 Å². The lowest BCUT2D eigenvalue weighted by Gasteiger charge is -2.37. The van der Waals surface area contributed by atoms with Crippen molar-refractivity contribution in [3.8, 4) is 5.75 Å². The van der Waals surface area contributed by atoms with E-state index in [9.17, 15) is 32.7 Å². The molecule has 1 saturated heterocycles. The number of alkyl halides is 3. The molecule has 1 fully saturated rings. The quantitative estimate of drug-likeness (QED) is 0.236. The summed E-state index contributed by atoms with van der Waals surface area (Å²) in [6.07, 6.45) is 0.712. The SMILES string of the molecule is C=Nn1c(=O)c(N2CCN(C(=O)c3ncnc(C)c3O)CC2)c(CC)n(CC(=O)Nc2ccc(C(F)(F)F)c(C)c2N=CC)c1=NCC1=CCOCC1. The first-order chi connectivity index (χ1) is 25.3. The second kappa shape index (κ2) is 16.4. The van der Waals surface area contributed by atoms with Gasteiger partial charge in [-0.05, 0) is 56.9 Å². The van der Waals surface area contributed by atoms with Crippen LogP contribution in [0, 0.1) is 13.8 Å². The zero-order valence-corrected chi connectivity index (χ0v) is 29.9. The number of hydrogen-bond donors (Lipinski definition) is 2. The molecule has 2 N–H and O–H groups in total. The minimum absolute atomic E-state index is 0.0379. The number of ether oxygens (including phenoxy) is 1. The van der Waals surface area contributed by atoms with Crippen LogP contribution in [0.25, 0.3) is 0 Å². The highest BCUT2D eigenvalue weighted by Gasteiger charge is 2.34. The molecule has 2 amide bonds. The molecule has 1 aromatic carbocycles. The minimum atomic E-state index is -4.62. The normalized spacial score (nSPS) is 15.5. The molecule has 5 rings (SSSR count). The average Bonchev–Trinajstić information content (AvgIpc) is 3.13. The van der Waals surface area contributed by atoms with E-state index >= 15 is 0 Å². The van der Waals surface area contributed by atoms with E-state index in [1.807, 2.05) is 13.0 Å². The van der Waals surface area contributed by atoms with Crippen molar-refractivity contribution in [1.29, 1.82) is 0 Å². The van der Waals surface area contributed by atoms with Gasteiger partial charge in [0.05, 0.1) is 48.1 Å². The fourth-order valence-electron chi connectivity index (χ4n) is 6.32. The number of piperazine rings is 1. The molecule has 0 atom stereocenters. The van der Waals surface area contributed by atoms with E-state index < -0.39 is 35.7 Å². The Balaban J connectivity index is 1.55. The van der Waals surface area contributed by atoms with E-state index in [2.05, 4.69) is 32.1 Å². The van der Waals surface area contributed by atoms with Crippen LogP contribution < -0.4 is 21.4 Å². The van der Waals surface area contributed by atoms with Gasteiger partial charge in [0.1, 0.15) is 18.6 Å². The molecule has 3 aromatic rings. The summed E-state index contributed by atoms with van der Waals surface area (Å²) in [5, 5.41) is 17.1. The smallest absolute Gasteiger partial charge is 0.416 e. The van der Waals surface area contributed by atoms with Crippen LogP contribution >= 0.6 is 0 Å². The largest absolute Gasteiger partial charge is 0.504 e. The molecular weight excluding hydrogens is 697 g/mol. The molecule has 0 aliphatic carbocycles. The predicted octanol–water partition coefficient (Wildman–Crippen LogP) is 3.38. The van der Waals surface area contributed by atoms with Crippen molar-refractivity contribution >= 4 is 41.8 Å². The Morgan fingerprint density at radius 3 is 2.51 bits per heavy atom. The molecule has 53 heavy (non-hydrogen) atoms. The van der Waals surface area contributed by atoms with Gasteiger partial charge >= 0.3 is 6.18 Å². The fraction of sp³-hybridized carbons (Fsp3) is 0.429. The number of aryl methyl sites for hydroxylation is 1. The third-order valence-electron chi connectivity index (χ3n) is 9.04. The first-order valence-corrected chi connectivity index (χ1v) is 17.0. The molecule has 0 radical (unpaired) electrons. The van der Waals surface area contributed by atoms with Gasteiger partial charge in [-0.2, -0.15) is 22.9 Å². The number of aromatic nitrogens is 4. The van der Waals surface area contributed by atoms with Crippen molar-refractivity contribution in [2.45, 2.75) is 53.3 Å². The van der Waals surface area contributed by atoms with Crippen molar-refractivity contribution in [3.05, 3.63) is 74.3 Å². The zero-order chi connectivity index (χ0) is 38.4. The summed E-state index contributed by atoms with van der Waals surface area (Å²) in [6.45, 7) is 11.4. The minimum Gasteiger partial charge on any atom is -0.504 e. The number of nitrogens with one attached hydrogen (secondary N) is 1. The lowest BCUT2D eigenvalue weighted by Crippen LogP contribution is -2.52. The van der Waals surface area contributed by atoms with Crippen LogP contribution in [0.3, 0.4) is 0 Å². The maximum absolute atomic E-state index is 14.2. The van der Waals surface area contributed by atoms with Crippen LogP contribution in [-0.2, 0) is 28.7 Å². The van der Waals surface area contributed by atoms with Gasteiger partial charge in [-0.15, -0.1) is 0 Å². The predicted molar refractivity (Wildman–Crippen MR) is 192 cm³/mol. The van der Waals surface area contributed by atoms with Crippen LogP contribution in [-0.4, -0.2) is 99.9 Å². The highest BCUT2D eigenvalue weighted by molar-refractivity contribution is 5.96. The van der Waals surface area contributed by atoms with Gasteiger partial charge in [0.2, 0.25) is 11.5 Å². The summed E-state index contributed by atoms with van der Waals surface area (Å²) in [7, 11) is 0. The molecule has 2 aromatic heterocycles. The number of halogens is 3. The molecule has 282 valence electrons. The molecular formula is C35H41F3N10O5. The number of aromatic hydroxyl groups is 1. The van der Waals surface area contributed by atoms with Gasteiger partial charge in [-0.1, -0.05) is 13.0 Å². The number of carbonyl (C=O) groups excluding carboxylic acids is 2. The van der Waals surface area contributed by atoms with E-state index in [4.69, 9.17) is 9.73 Å². The summed E-state index contributed by atoms with van der Waals surface area (Å²) in [6, 6.07) is 2.05. The molecule has 0 bridgehead atoms. The molecule has 0 spiro atoms. The Labute approximate surface area is 302 Å². The second-order valence-electron chi connectivity index (χ2n) is 12.3. The number of anilines is 2. The van der Waals surface area contributed by atoms with Crippen molar-refractivity contribution < 1.29 is 32.6 Å². The summed E-state index contributed by atoms with van der Waals surface area (Å²) < 4.78 is 49.1. The Morgan fingerprint density at radius 2 is 1.89 bits per heavy atom. The van der Waals surface area contributed by atoms with Gasteiger partial charge in [0, 0.05) is 39.1 Å². The van der Waals surface area contributed by atoms with E-state index in [1.54, 1.807) is 23.3 Å². The topological polar surface area (TPSA) is 172 Å². The second-order valence-corrected chi connectivity index (χ2v) is 12.3. The van der Waals surface area contributed by atoms with Crippen LogP contribution in [0.4, 0.5) is 30.2 Å². The zero-order valence-electron chi connectivity index (χ0n) is 29.9. The van der Waals surface area contributed by atoms with E-state index in [1.165, 1.54) is 24.4 Å². The maximum atomic E-state index is 14.2. The molecule has 18 heteroatoms. The van der Waals surface area contributed by atoms with Crippen molar-refractivity contribution in [1.82, 2.24) is 24.1 Å². The number of aliphatic imine (C=N–C) groups is 1. The number of hydrogen-bond acceptors (Lipinski definition) is 11. The lowest BCUT2D eigenvalue weighted by molar-refractivity contribution is -0.138.